The molecule has 6 heteroatoms. The van der Waals surface area contributed by atoms with Crippen LogP contribution < -0.4 is 10.6 Å². The Morgan fingerprint density at radius 2 is 2.50 bits per heavy atom. The van der Waals surface area contributed by atoms with Crippen molar-refractivity contribution in [3.8, 4) is 0 Å². The Morgan fingerprint density at radius 1 is 1.61 bits per heavy atom. The van der Waals surface area contributed by atoms with Crippen molar-refractivity contribution in [2.75, 3.05) is 32.1 Å². The molecule has 0 aliphatic carbocycles. The molecule has 2 rings (SSSR count). The highest BCUT2D eigenvalue weighted by Crippen LogP contribution is 2.11. The number of hydrogen-bond donors (Lipinski definition) is 2. The van der Waals surface area contributed by atoms with Crippen LogP contribution in [0.3, 0.4) is 0 Å². The van der Waals surface area contributed by atoms with E-state index >= 15 is 0 Å². The number of ether oxygens (including phenoxy) is 1. The number of nitrogens with one attached hydrogen (secondary N) is 2. The average Bonchev–Trinajstić information content (AvgIpc) is 2.45. The molecule has 18 heavy (non-hydrogen) atoms. The van der Waals surface area contributed by atoms with Gasteiger partial charge in [-0.05, 0) is 31.8 Å². The number of carbonyl (C=O) groups excluding carboxylic acids is 1. The van der Waals surface area contributed by atoms with E-state index in [1.807, 2.05) is 0 Å². The van der Waals surface area contributed by atoms with Crippen molar-refractivity contribution in [3.05, 3.63) is 18.1 Å². The van der Waals surface area contributed by atoms with Gasteiger partial charge in [0.1, 0.15) is 5.82 Å². The first-order valence-corrected chi connectivity index (χ1v) is 6.14. The molecular weight excluding hydrogens is 232 g/mol. The molecule has 1 aliphatic rings. The van der Waals surface area contributed by atoms with E-state index in [2.05, 4.69) is 25.3 Å². The van der Waals surface area contributed by atoms with Crippen molar-refractivity contribution in [1.29, 1.82) is 0 Å². The fourth-order valence-electron chi connectivity index (χ4n) is 2.00. The largest absolute Gasteiger partial charge is 0.464 e. The zero-order valence-corrected chi connectivity index (χ0v) is 10.5. The van der Waals surface area contributed by atoms with E-state index in [9.17, 15) is 4.79 Å². The molecule has 98 valence electrons. The summed E-state index contributed by atoms with van der Waals surface area (Å²) in [5.41, 5.74) is 0.226. The zero-order valence-electron chi connectivity index (χ0n) is 10.5. The van der Waals surface area contributed by atoms with E-state index in [0.717, 1.165) is 19.6 Å². The first kappa shape index (κ1) is 12.8. The van der Waals surface area contributed by atoms with Crippen molar-refractivity contribution >= 4 is 11.8 Å². The third-order valence-corrected chi connectivity index (χ3v) is 3.00. The molecule has 0 bridgehead atoms. The highest BCUT2D eigenvalue weighted by atomic mass is 16.5. The second-order valence-corrected chi connectivity index (χ2v) is 4.37. The highest BCUT2D eigenvalue weighted by molar-refractivity contribution is 5.87. The third kappa shape index (κ3) is 3.40. The van der Waals surface area contributed by atoms with Crippen molar-refractivity contribution < 1.29 is 9.53 Å². The van der Waals surface area contributed by atoms with Crippen LogP contribution in [0.4, 0.5) is 5.82 Å². The molecule has 0 spiro atoms. The van der Waals surface area contributed by atoms with Gasteiger partial charge in [-0.15, -0.1) is 0 Å². The first-order chi connectivity index (χ1) is 8.79. The van der Waals surface area contributed by atoms with Crippen LogP contribution in [0, 0.1) is 5.92 Å². The van der Waals surface area contributed by atoms with Crippen molar-refractivity contribution in [2.24, 2.45) is 5.92 Å². The predicted octanol–water partition coefficient (Wildman–Crippen LogP) is 0.675. The van der Waals surface area contributed by atoms with Crippen LogP contribution in [-0.2, 0) is 4.74 Å². The molecule has 1 aromatic heterocycles. The van der Waals surface area contributed by atoms with E-state index in [4.69, 9.17) is 0 Å². The summed E-state index contributed by atoms with van der Waals surface area (Å²) in [6, 6.07) is 0. The van der Waals surface area contributed by atoms with Gasteiger partial charge in [0, 0.05) is 6.54 Å². The summed E-state index contributed by atoms with van der Waals surface area (Å²) in [6.07, 6.45) is 5.44. The van der Waals surface area contributed by atoms with Gasteiger partial charge in [-0.3, -0.25) is 4.98 Å². The minimum absolute atomic E-state index is 0.226. The summed E-state index contributed by atoms with van der Waals surface area (Å²) in [5, 5.41) is 6.57. The number of piperidine rings is 1. The average molecular weight is 250 g/mol. The van der Waals surface area contributed by atoms with Crippen LogP contribution in [0.15, 0.2) is 12.4 Å². The maximum Gasteiger partial charge on any atom is 0.358 e. The van der Waals surface area contributed by atoms with E-state index in [0.29, 0.717) is 11.7 Å². The second kappa shape index (κ2) is 6.30. The summed E-state index contributed by atoms with van der Waals surface area (Å²) >= 11 is 0. The second-order valence-electron chi connectivity index (χ2n) is 4.37. The van der Waals surface area contributed by atoms with Crippen LogP contribution in [-0.4, -0.2) is 42.7 Å². The predicted molar refractivity (Wildman–Crippen MR) is 67.5 cm³/mol. The van der Waals surface area contributed by atoms with Gasteiger partial charge in [-0.1, -0.05) is 0 Å². The van der Waals surface area contributed by atoms with E-state index in [-0.39, 0.29) is 5.69 Å². The van der Waals surface area contributed by atoms with Crippen LogP contribution in [0.25, 0.3) is 0 Å². The Labute approximate surface area is 106 Å². The summed E-state index contributed by atoms with van der Waals surface area (Å²) in [7, 11) is 1.33. The molecule has 1 aromatic rings. The Hall–Kier alpha value is -1.69. The van der Waals surface area contributed by atoms with Crippen LogP contribution in [0.5, 0.6) is 0 Å². The fourth-order valence-corrected chi connectivity index (χ4v) is 2.00. The number of nitrogens with zero attached hydrogens (tertiary/aromatic N) is 2. The van der Waals surface area contributed by atoms with E-state index < -0.39 is 5.97 Å². The Morgan fingerprint density at radius 3 is 3.22 bits per heavy atom. The number of methoxy groups -OCH3 is 1. The SMILES string of the molecule is COC(=O)c1cncc(NCC2CCCNC2)n1. The molecule has 2 N–H and O–H groups in total. The van der Waals surface area contributed by atoms with Gasteiger partial charge in [0.05, 0.1) is 19.5 Å². The highest BCUT2D eigenvalue weighted by Gasteiger charge is 2.13. The number of esters is 1. The summed E-state index contributed by atoms with van der Waals surface area (Å²) in [5.74, 6) is 0.747. The molecule has 0 radical (unpaired) electrons. The number of carbonyl (C=O) groups is 1. The Kier molecular flexibility index (Phi) is 4.46. The maximum atomic E-state index is 11.3. The fraction of sp³-hybridized carbons (Fsp3) is 0.583. The van der Waals surface area contributed by atoms with E-state index in [1.165, 1.54) is 26.1 Å². The smallest absolute Gasteiger partial charge is 0.358 e. The number of anilines is 1. The molecular formula is C12H18N4O2. The topological polar surface area (TPSA) is 76.1 Å². The van der Waals surface area contributed by atoms with Crippen molar-refractivity contribution in [3.63, 3.8) is 0 Å². The van der Waals surface area contributed by atoms with Gasteiger partial charge in [0.25, 0.3) is 0 Å². The van der Waals surface area contributed by atoms with E-state index in [1.54, 1.807) is 6.20 Å². The molecule has 0 saturated carbocycles. The Balaban J connectivity index is 1.90. The normalized spacial score (nSPS) is 19.3. The maximum absolute atomic E-state index is 11.3. The molecule has 1 aliphatic heterocycles. The van der Waals surface area contributed by atoms with Gasteiger partial charge in [0.15, 0.2) is 5.69 Å². The lowest BCUT2D eigenvalue weighted by atomic mass is 10.00. The summed E-state index contributed by atoms with van der Waals surface area (Å²) < 4.78 is 4.61. The van der Waals surface area contributed by atoms with Crippen LogP contribution in [0.2, 0.25) is 0 Å². The van der Waals surface area contributed by atoms with Crippen LogP contribution in [0.1, 0.15) is 23.3 Å². The lowest BCUT2D eigenvalue weighted by Gasteiger charge is -2.23. The van der Waals surface area contributed by atoms with Crippen LogP contribution >= 0.6 is 0 Å². The molecule has 2 heterocycles. The number of aromatic nitrogens is 2. The van der Waals surface area contributed by atoms with Gasteiger partial charge < -0.3 is 15.4 Å². The third-order valence-electron chi connectivity index (χ3n) is 3.00. The first-order valence-electron chi connectivity index (χ1n) is 6.14. The Bertz CT molecular complexity index is 405. The quantitative estimate of drug-likeness (QED) is 0.765. The summed E-state index contributed by atoms with van der Waals surface area (Å²) in [4.78, 5) is 19.4. The lowest BCUT2D eigenvalue weighted by Crippen LogP contribution is -2.33. The van der Waals surface area contributed by atoms with Gasteiger partial charge in [-0.2, -0.15) is 0 Å². The molecule has 0 aromatic carbocycles. The minimum Gasteiger partial charge on any atom is -0.464 e. The molecule has 1 unspecified atom stereocenters. The number of hydrogen-bond acceptors (Lipinski definition) is 6. The standard InChI is InChI=1S/C12H18N4O2/c1-18-12(17)10-7-14-8-11(16-10)15-6-9-3-2-4-13-5-9/h7-9,13H,2-6H2,1H3,(H,15,16). The van der Waals surface area contributed by atoms with Gasteiger partial charge >= 0.3 is 5.97 Å². The molecule has 1 fully saturated rings. The summed E-state index contributed by atoms with van der Waals surface area (Å²) in [6.45, 7) is 2.97. The number of rotatable bonds is 4. The van der Waals surface area contributed by atoms with Gasteiger partial charge in [0.2, 0.25) is 0 Å². The monoisotopic (exact) mass is 250 g/mol. The van der Waals surface area contributed by atoms with Crippen molar-refractivity contribution in [1.82, 2.24) is 15.3 Å². The van der Waals surface area contributed by atoms with Crippen molar-refractivity contribution in [2.45, 2.75) is 12.8 Å². The molecule has 1 atom stereocenters. The molecule has 1 saturated heterocycles. The zero-order chi connectivity index (χ0) is 12.8. The molecule has 0 amide bonds. The lowest BCUT2D eigenvalue weighted by molar-refractivity contribution is 0.0593. The van der Waals surface area contributed by atoms with Gasteiger partial charge in [-0.25, -0.2) is 9.78 Å². The molecule has 6 nitrogen and oxygen atoms in total. The minimum atomic E-state index is -0.467.